The summed E-state index contributed by atoms with van der Waals surface area (Å²) in [4.78, 5) is 10.6. The van der Waals surface area contributed by atoms with Gasteiger partial charge in [-0.2, -0.15) is 5.10 Å². The molecule has 0 unspecified atom stereocenters. The van der Waals surface area contributed by atoms with Crippen molar-refractivity contribution in [3.05, 3.63) is 57.9 Å². The maximum absolute atomic E-state index is 10.6. The smallest absolute Gasteiger partial charge is 0.328 e. The summed E-state index contributed by atoms with van der Waals surface area (Å²) in [5, 5.41) is 13.5. The molecule has 20 heavy (non-hydrogen) atoms. The Kier molecular flexibility index (Phi) is 4.25. The first-order valence-electron chi connectivity index (χ1n) is 6.17. The third-order valence-electron chi connectivity index (χ3n) is 2.95. The summed E-state index contributed by atoms with van der Waals surface area (Å²) >= 11 is 6.25. The lowest BCUT2D eigenvalue weighted by Gasteiger charge is -2.04. The molecule has 1 aromatic heterocycles. The van der Waals surface area contributed by atoms with Gasteiger partial charge in [-0.15, -0.1) is 0 Å². The summed E-state index contributed by atoms with van der Waals surface area (Å²) in [6.07, 6.45) is 2.53. The van der Waals surface area contributed by atoms with E-state index in [-0.39, 0.29) is 0 Å². The first kappa shape index (κ1) is 14.3. The van der Waals surface area contributed by atoms with Gasteiger partial charge < -0.3 is 5.11 Å². The molecule has 2 rings (SSSR count). The van der Waals surface area contributed by atoms with Gasteiger partial charge >= 0.3 is 5.97 Å². The molecule has 0 radical (unpaired) electrons. The van der Waals surface area contributed by atoms with E-state index in [2.05, 4.69) is 5.10 Å². The van der Waals surface area contributed by atoms with Crippen LogP contribution in [-0.4, -0.2) is 20.9 Å². The Morgan fingerprint density at radius 2 is 2.00 bits per heavy atom. The quantitative estimate of drug-likeness (QED) is 0.879. The molecule has 0 amide bonds. The van der Waals surface area contributed by atoms with Gasteiger partial charge in [-0.25, -0.2) is 9.48 Å². The SMILES string of the molecule is Cc1ccc(Cn2nc(C)c(C=CC(=O)O)c2Cl)cc1. The van der Waals surface area contributed by atoms with Gasteiger partial charge in [0, 0.05) is 11.6 Å². The van der Waals surface area contributed by atoms with Crippen molar-refractivity contribution in [1.29, 1.82) is 0 Å². The molecule has 0 aliphatic rings. The van der Waals surface area contributed by atoms with Crippen molar-refractivity contribution in [3.63, 3.8) is 0 Å². The van der Waals surface area contributed by atoms with Crippen molar-refractivity contribution in [2.24, 2.45) is 0 Å². The minimum atomic E-state index is -1.01. The van der Waals surface area contributed by atoms with Crippen LogP contribution in [0.15, 0.2) is 30.3 Å². The molecular weight excluding hydrogens is 276 g/mol. The number of benzene rings is 1. The van der Waals surface area contributed by atoms with Crippen molar-refractivity contribution in [3.8, 4) is 0 Å². The van der Waals surface area contributed by atoms with Gasteiger partial charge in [-0.1, -0.05) is 41.4 Å². The number of aromatic nitrogens is 2. The summed E-state index contributed by atoms with van der Waals surface area (Å²) in [5.41, 5.74) is 3.64. The molecule has 2 aromatic rings. The number of halogens is 1. The van der Waals surface area contributed by atoms with Gasteiger partial charge in [0.2, 0.25) is 0 Å². The van der Waals surface area contributed by atoms with E-state index in [1.165, 1.54) is 11.6 Å². The van der Waals surface area contributed by atoms with Crippen LogP contribution in [0.25, 0.3) is 6.08 Å². The van der Waals surface area contributed by atoms with Crippen molar-refractivity contribution in [2.45, 2.75) is 20.4 Å². The molecule has 1 heterocycles. The fourth-order valence-corrected chi connectivity index (χ4v) is 2.18. The summed E-state index contributed by atoms with van der Waals surface area (Å²) in [5.74, 6) is -1.01. The maximum Gasteiger partial charge on any atom is 0.328 e. The minimum absolute atomic E-state index is 0.445. The Hall–Kier alpha value is -2.07. The van der Waals surface area contributed by atoms with Crippen LogP contribution in [0, 0.1) is 13.8 Å². The highest BCUT2D eigenvalue weighted by Gasteiger charge is 2.11. The third-order valence-corrected chi connectivity index (χ3v) is 3.35. The zero-order valence-corrected chi connectivity index (χ0v) is 12.1. The van der Waals surface area contributed by atoms with E-state index in [1.807, 2.05) is 31.2 Å². The van der Waals surface area contributed by atoms with Crippen LogP contribution in [-0.2, 0) is 11.3 Å². The summed E-state index contributed by atoms with van der Waals surface area (Å²) in [6.45, 7) is 4.39. The van der Waals surface area contributed by atoms with E-state index < -0.39 is 5.97 Å². The number of aryl methyl sites for hydroxylation is 2. The van der Waals surface area contributed by atoms with Crippen LogP contribution in [0.3, 0.4) is 0 Å². The third kappa shape index (κ3) is 3.27. The Bertz CT molecular complexity index is 657. The first-order valence-corrected chi connectivity index (χ1v) is 6.54. The zero-order valence-electron chi connectivity index (χ0n) is 11.3. The lowest BCUT2D eigenvalue weighted by Crippen LogP contribution is -2.02. The van der Waals surface area contributed by atoms with E-state index in [9.17, 15) is 4.79 Å². The molecule has 0 saturated carbocycles. The molecule has 104 valence electrons. The predicted molar refractivity (Wildman–Crippen MR) is 78.9 cm³/mol. The fraction of sp³-hybridized carbons (Fsp3) is 0.200. The van der Waals surface area contributed by atoms with Gasteiger partial charge in [0.05, 0.1) is 12.2 Å². The number of carboxylic acid groups (broad SMARTS) is 1. The van der Waals surface area contributed by atoms with Crippen LogP contribution < -0.4 is 0 Å². The number of hydrogen-bond acceptors (Lipinski definition) is 2. The molecule has 5 heteroatoms. The largest absolute Gasteiger partial charge is 0.478 e. The number of hydrogen-bond donors (Lipinski definition) is 1. The molecule has 4 nitrogen and oxygen atoms in total. The number of carbonyl (C=O) groups is 1. The van der Waals surface area contributed by atoms with Crippen molar-refractivity contribution in [2.75, 3.05) is 0 Å². The Morgan fingerprint density at radius 3 is 2.60 bits per heavy atom. The molecule has 1 N–H and O–H groups in total. The highest BCUT2D eigenvalue weighted by Crippen LogP contribution is 2.22. The second kappa shape index (κ2) is 5.92. The fourth-order valence-electron chi connectivity index (χ4n) is 1.88. The second-order valence-electron chi connectivity index (χ2n) is 4.60. The standard InChI is InChI=1S/C15H15ClN2O2/c1-10-3-5-12(6-4-10)9-18-15(16)13(11(2)17-18)7-8-14(19)20/h3-8H,9H2,1-2H3,(H,19,20). The van der Waals surface area contributed by atoms with Gasteiger partial charge in [0.1, 0.15) is 5.15 Å². The average molecular weight is 291 g/mol. The second-order valence-corrected chi connectivity index (χ2v) is 4.96. The summed E-state index contributed by atoms with van der Waals surface area (Å²) < 4.78 is 1.67. The molecule has 0 aliphatic heterocycles. The molecule has 0 aliphatic carbocycles. The van der Waals surface area contributed by atoms with E-state index in [4.69, 9.17) is 16.7 Å². The number of nitrogens with zero attached hydrogens (tertiary/aromatic N) is 2. The van der Waals surface area contributed by atoms with Crippen molar-refractivity contribution in [1.82, 2.24) is 9.78 Å². The highest BCUT2D eigenvalue weighted by atomic mass is 35.5. The van der Waals surface area contributed by atoms with E-state index in [1.54, 1.807) is 11.6 Å². The molecule has 0 spiro atoms. The lowest BCUT2D eigenvalue weighted by molar-refractivity contribution is -0.131. The number of rotatable bonds is 4. The van der Waals surface area contributed by atoms with Crippen molar-refractivity contribution >= 4 is 23.6 Å². The molecule has 0 atom stereocenters. The maximum atomic E-state index is 10.6. The minimum Gasteiger partial charge on any atom is -0.478 e. The van der Waals surface area contributed by atoms with Gasteiger partial charge in [0.25, 0.3) is 0 Å². The highest BCUT2D eigenvalue weighted by molar-refractivity contribution is 6.31. The van der Waals surface area contributed by atoms with E-state index >= 15 is 0 Å². The van der Waals surface area contributed by atoms with Crippen LogP contribution in [0.4, 0.5) is 0 Å². The van der Waals surface area contributed by atoms with E-state index in [0.717, 1.165) is 11.6 Å². The Balaban J connectivity index is 2.27. The monoisotopic (exact) mass is 290 g/mol. The van der Waals surface area contributed by atoms with Crippen LogP contribution in [0.5, 0.6) is 0 Å². The number of carboxylic acids is 1. The molecular formula is C15H15ClN2O2. The van der Waals surface area contributed by atoms with Crippen LogP contribution in [0.2, 0.25) is 5.15 Å². The first-order chi connectivity index (χ1) is 9.47. The van der Waals surface area contributed by atoms with E-state index in [0.29, 0.717) is 23.0 Å². The van der Waals surface area contributed by atoms with Gasteiger partial charge in [0.15, 0.2) is 0 Å². The predicted octanol–water partition coefficient (Wildman–Crippen LogP) is 3.30. The van der Waals surface area contributed by atoms with Crippen LogP contribution in [0.1, 0.15) is 22.4 Å². The normalized spacial score (nSPS) is 11.2. The topological polar surface area (TPSA) is 55.1 Å². The lowest BCUT2D eigenvalue weighted by atomic mass is 10.1. The van der Waals surface area contributed by atoms with Crippen LogP contribution >= 0.6 is 11.6 Å². The Labute approximate surface area is 122 Å². The average Bonchev–Trinajstić information content (AvgIpc) is 2.65. The summed E-state index contributed by atoms with van der Waals surface area (Å²) in [6, 6.07) is 8.11. The molecule has 1 aromatic carbocycles. The molecule has 0 saturated heterocycles. The molecule has 0 bridgehead atoms. The number of aliphatic carboxylic acids is 1. The molecule has 0 fully saturated rings. The van der Waals surface area contributed by atoms with Gasteiger partial charge in [-0.3, -0.25) is 0 Å². The zero-order chi connectivity index (χ0) is 14.7. The van der Waals surface area contributed by atoms with Crippen molar-refractivity contribution < 1.29 is 9.90 Å². The summed E-state index contributed by atoms with van der Waals surface area (Å²) in [7, 11) is 0. The Morgan fingerprint density at radius 1 is 1.35 bits per heavy atom. The van der Waals surface area contributed by atoms with Gasteiger partial charge in [-0.05, 0) is 25.5 Å².